The largest absolute Gasteiger partial charge is 0.497 e. The molecule has 4 aromatic carbocycles. The normalized spacial score (nSPS) is 18.6. The minimum Gasteiger partial charge on any atom is -0.497 e. The lowest BCUT2D eigenvalue weighted by Gasteiger charge is -2.51. The maximum Gasteiger partial charge on any atom is 0.259 e. The molecule has 0 radical (unpaired) electrons. The van der Waals surface area contributed by atoms with Crippen molar-refractivity contribution in [3.63, 3.8) is 0 Å². The van der Waals surface area contributed by atoms with Gasteiger partial charge in [0.1, 0.15) is 5.75 Å². The van der Waals surface area contributed by atoms with Gasteiger partial charge in [0.25, 0.3) is 5.91 Å². The highest BCUT2D eigenvalue weighted by atomic mass is 16.5. The molecule has 0 N–H and O–H groups in total. The number of carbonyl (C=O) groups is 1. The van der Waals surface area contributed by atoms with Gasteiger partial charge in [-0.25, -0.2) is 0 Å². The van der Waals surface area contributed by atoms with E-state index < -0.39 is 5.54 Å². The van der Waals surface area contributed by atoms with Gasteiger partial charge >= 0.3 is 0 Å². The molecule has 0 aromatic heterocycles. The number of benzene rings is 4. The van der Waals surface area contributed by atoms with E-state index in [-0.39, 0.29) is 11.3 Å². The number of anilines is 1. The zero-order valence-electron chi connectivity index (χ0n) is 20.8. The Labute approximate surface area is 208 Å². The summed E-state index contributed by atoms with van der Waals surface area (Å²) in [5, 5.41) is 0. The second-order valence-corrected chi connectivity index (χ2v) is 10.1. The number of para-hydroxylation sites is 1. The number of ether oxygens (including phenoxy) is 1. The lowest BCUT2D eigenvalue weighted by molar-refractivity contribution is 0.0949. The molecule has 1 atom stereocenters. The second-order valence-electron chi connectivity index (χ2n) is 10.1. The van der Waals surface area contributed by atoms with Gasteiger partial charge in [0, 0.05) is 22.2 Å². The first-order valence-corrected chi connectivity index (χ1v) is 12.1. The van der Waals surface area contributed by atoms with Crippen LogP contribution in [0.25, 0.3) is 11.1 Å². The summed E-state index contributed by atoms with van der Waals surface area (Å²) in [4.78, 5) is 16.3. The van der Waals surface area contributed by atoms with E-state index >= 15 is 0 Å². The van der Waals surface area contributed by atoms with Crippen molar-refractivity contribution in [2.24, 2.45) is 0 Å². The van der Waals surface area contributed by atoms with Gasteiger partial charge in [0.2, 0.25) is 0 Å². The molecule has 4 aromatic rings. The van der Waals surface area contributed by atoms with Crippen molar-refractivity contribution in [1.82, 2.24) is 0 Å². The molecule has 35 heavy (non-hydrogen) atoms. The van der Waals surface area contributed by atoms with E-state index in [1.807, 2.05) is 65.6 Å². The van der Waals surface area contributed by atoms with E-state index in [1.165, 1.54) is 5.56 Å². The molecule has 0 unspecified atom stereocenters. The summed E-state index contributed by atoms with van der Waals surface area (Å²) < 4.78 is 5.39. The van der Waals surface area contributed by atoms with E-state index in [4.69, 9.17) is 4.74 Å². The van der Waals surface area contributed by atoms with Crippen LogP contribution in [0.3, 0.4) is 0 Å². The Hall–Kier alpha value is -3.85. The Morgan fingerprint density at radius 1 is 0.771 bits per heavy atom. The predicted octanol–water partition coefficient (Wildman–Crippen LogP) is 7.50. The third kappa shape index (κ3) is 3.91. The first kappa shape index (κ1) is 22.9. The van der Waals surface area contributed by atoms with Crippen molar-refractivity contribution < 1.29 is 9.53 Å². The zero-order valence-corrected chi connectivity index (χ0v) is 20.8. The molecule has 0 spiro atoms. The third-order valence-corrected chi connectivity index (χ3v) is 7.30. The van der Waals surface area contributed by atoms with Crippen LogP contribution < -0.4 is 9.64 Å². The fourth-order valence-corrected chi connectivity index (χ4v) is 5.76. The van der Waals surface area contributed by atoms with E-state index in [0.717, 1.165) is 40.1 Å². The van der Waals surface area contributed by atoms with E-state index in [1.54, 1.807) is 7.11 Å². The van der Waals surface area contributed by atoms with Crippen LogP contribution in [0.15, 0.2) is 103 Å². The summed E-state index contributed by atoms with van der Waals surface area (Å²) >= 11 is 0. The third-order valence-electron chi connectivity index (χ3n) is 7.30. The van der Waals surface area contributed by atoms with E-state index in [2.05, 4.69) is 63.2 Å². The molecule has 1 aliphatic heterocycles. The standard InChI is InChI=1S/C32H31NO2/c1-31(2)22-32(3,24-18-20-25(35-4)21-19-24)28-16-10-11-17-29(28)33(31)30(34)27-15-9-8-14-26(27)23-12-6-5-7-13-23/h5-21H,22H2,1-4H3/t32-/m1/s1. The Balaban J connectivity index is 1.64. The summed E-state index contributed by atoms with van der Waals surface area (Å²) in [6.07, 6.45) is 0.794. The molecular formula is C32H31NO2. The van der Waals surface area contributed by atoms with Crippen molar-refractivity contribution in [1.29, 1.82) is 0 Å². The number of methoxy groups -OCH3 is 1. The molecule has 0 fully saturated rings. The van der Waals surface area contributed by atoms with Crippen LogP contribution in [0, 0.1) is 0 Å². The van der Waals surface area contributed by atoms with Crippen LogP contribution >= 0.6 is 0 Å². The average molecular weight is 462 g/mol. The van der Waals surface area contributed by atoms with E-state index in [0.29, 0.717) is 0 Å². The first-order chi connectivity index (χ1) is 16.8. The molecule has 176 valence electrons. The van der Waals surface area contributed by atoms with Crippen molar-refractivity contribution in [2.45, 2.75) is 38.1 Å². The topological polar surface area (TPSA) is 29.5 Å². The van der Waals surface area contributed by atoms with Gasteiger partial charge in [-0.05, 0) is 66.8 Å². The highest BCUT2D eigenvalue weighted by Gasteiger charge is 2.48. The van der Waals surface area contributed by atoms with Crippen LogP contribution in [0.2, 0.25) is 0 Å². The Morgan fingerprint density at radius 2 is 1.40 bits per heavy atom. The summed E-state index contributed by atoms with van der Waals surface area (Å²) in [6.45, 7) is 6.64. The predicted molar refractivity (Wildman–Crippen MR) is 143 cm³/mol. The maximum atomic E-state index is 14.3. The highest BCUT2D eigenvalue weighted by Crippen LogP contribution is 2.51. The van der Waals surface area contributed by atoms with Gasteiger partial charge in [0.15, 0.2) is 0 Å². The Bertz CT molecular complexity index is 1360. The molecule has 0 aliphatic carbocycles. The van der Waals surface area contributed by atoms with Crippen molar-refractivity contribution in [2.75, 3.05) is 12.0 Å². The monoisotopic (exact) mass is 461 g/mol. The summed E-state index contributed by atoms with van der Waals surface area (Å²) in [7, 11) is 1.69. The van der Waals surface area contributed by atoms with E-state index in [9.17, 15) is 4.79 Å². The SMILES string of the molecule is COc1ccc([C@@]2(C)CC(C)(C)N(C(=O)c3ccccc3-c3ccccc3)c3ccccc32)cc1. The molecule has 0 bridgehead atoms. The van der Waals surface area contributed by atoms with Gasteiger partial charge < -0.3 is 9.64 Å². The minimum atomic E-state index is -0.413. The van der Waals surface area contributed by atoms with Crippen LogP contribution in [0.4, 0.5) is 5.69 Å². The van der Waals surface area contributed by atoms with Crippen LogP contribution in [0.1, 0.15) is 48.7 Å². The Kier molecular flexibility index (Phi) is 5.72. The molecule has 1 aliphatic rings. The number of rotatable bonds is 4. The molecule has 1 amide bonds. The minimum absolute atomic E-state index is 0.0266. The quantitative estimate of drug-likeness (QED) is 0.315. The Morgan fingerprint density at radius 3 is 2.11 bits per heavy atom. The van der Waals surface area contributed by atoms with Crippen molar-refractivity contribution in [3.05, 3.63) is 120 Å². The zero-order chi connectivity index (χ0) is 24.6. The smallest absolute Gasteiger partial charge is 0.259 e. The number of carbonyl (C=O) groups excluding carboxylic acids is 1. The number of hydrogen-bond donors (Lipinski definition) is 0. The molecule has 3 heteroatoms. The van der Waals surface area contributed by atoms with Gasteiger partial charge in [-0.15, -0.1) is 0 Å². The molecule has 0 saturated heterocycles. The molecule has 5 rings (SSSR count). The first-order valence-electron chi connectivity index (χ1n) is 12.1. The van der Waals surface area contributed by atoms with Crippen molar-refractivity contribution >= 4 is 11.6 Å². The molecule has 3 nitrogen and oxygen atoms in total. The van der Waals surface area contributed by atoms with Crippen molar-refractivity contribution in [3.8, 4) is 16.9 Å². The highest BCUT2D eigenvalue weighted by molar-refractivity contribution is 6.11. The lowest BCUT2D eigenvalue weighted by Crippen LogP contribution is -2.56. The van der Waals surface area contributed by atoms with Gasteiger partial charge in [-0.1, -0.05) is 85.8 Å². The maximum absolute atomic E-state index is 14.3. The summed E-state index contributed by atoms with van der Waals surface area (Å²) in [5.41, 5.74) is 5.40. The summed E-state index contributed by atoms with van der Waals surface area (Å²) in [5.74, 6) is 0.869. The summed E-state index contributed by atoms with van der Waals surface area (Å²) in [6, 6.07) is 34.7. The average Bonchev–Trinajstić information content (AvgIpc) is 2.88. The van der Waals surface area contributed by atoms with Crippen LogP contribution in [0.5, 0.6) is 5.75 Å². The number of nitrogens with zero attached hydrogens (tertiary/aromatic N) is 1. The molecule has 1 heterocycles. The van der Waals surface area contributed by atoms with Gasteiger partial charge in [-0.3, -0.25) is 4.79 Å². The van der Waals surface area contributed by atoms with Crippen LogP contribution in [-0.2, 0) is 5.41 Å². The fraction of sp³-hybridized carbons (Fsp3) is 0.219. The molecule has 0 saturated carbocycles. The van der Waals surface area contributed by atoms with Gasteiger partial charge in [-0.2, -0.15) is 0 Å². The lowest BCUT2D eigenvalue weighted by atomic mass is 9.65. The number of amides is 1. The van der Waals surface area contributed by atoms with Crippen LogP contribution in [-0.4, -0.2) is 18.6 Å². The second kappa shape index (κ2) is 8.74. The fourth-order valence-electron chi connectivity index (χ4n) is 5.76. The number of hydrogen-bond acceptors (Lipinski definition) is 2. The number of fused-ring (bicyclic) bond motifs is 1. The van der Waals surface area contributed by atoms with Gasteiger partial charge in [0.05, 0.1) is 7.11 Å². The molecular weight excluding hydrogens is 430 g/mol.